The molecule has 1 fully saturated rings. The lowest BCUT2D eigenvalue weighted by atomic mass is 9.96. The largest absolute Gasteiger partial charge is 0.450 e. The second kappa shape index (κ2) is 4.82. The third-order valence-corrected chi connectivity index (χ3v) is 2.27. The number of aliphatic hydroxyl groups is 1. The number of carbonyl (C=O) groups excluding carboxylic acids is 1. The number of likely N-dealkylation sites (tertiary alicyclic amines) is 1. The molecule has 0 aromatic heterocycles. The van der Waals surface area contributed by atoms with Crippen LogP contribution in [-0.4, -0.2) is 41.9 Å². The molecule has 1 heterocycles. The average Bonchev–Trinajstić information content (AvgIpc) is 2.18. The van der Waals surface area contributed by atoms with Crippen molar-refractivity contribution in [3.63, 3.8) is 0 Å². The summed E-state index contributed by atoms with van der Waals surface area (Å²) in [7, 11) is 0. The number of rotatable bonds is 1. The minimum Gasteiger partial charge on any atom is -0.450 e. The second-order valence-corrected chi connectivity index (χ2v) is 3.24. The molecule has 1 saturated heterocycles. The standard InChI is InChI=1S/C9H14N2O3/c1-2-14-9(13)11-4-3-7(5-10)8(12)6-11/h7-8,12H,2-4,6H2,1H3/t7-,8+/m1/s1. The van der Waals surface area contributed by atoms with Crippen LogP contribution in [-0.2, 0) is 4.74 Å². The Morgan fingerprint density at radius 3 is 3.00 bits per heavy atom. The van der Waals surface area contributed by atoms with Gasteiger partial charge >= 0.3 is 6.09 Å². The molecule has 0 aliphatic carbocycles. The van der Waals surface area contributed by atoms with Gasteiger partial charge in [-0.3, -0.25) is 0 Å². The first kappa shape index (κ1) is 10.8. The van der Waals surface area contributed by atoms with Crippen molar-refractivity contribution < 1.29 is 14.6 Å². The van der Waals surface area contributed by atoms with Crippen LogP contribution in [0.3, 0.4) is 0 Å². The molecule has 1 amide bonds. The number of β-amino-alcohol motifs (C(OH)–C–C–N with tert-alkyl or cyclic N) is 1. The molecule has 1 aliphatic rings. The molecule has 1 rings (SSSR count). The maximum atomic E-state index is 11.2. The van der Waals surface area contributed by atoms with Gasteiger partial charge in [0.2, 0.25) is 0 Å². The number of ether oxygens (including phenoxy) is 1. The summed E-state index contributed by atoms with van der Waals surface area (Å²) in [5, 5.41) is 18.1. The highest BCUT2D eigenvalue weighted by Gasteiger charge is 2.30. The molecule has 1 aliphatic heterocycles. The zero-order valence-electron chi connectivity index (χ0n) is 8.14. The number of nitriles is 1. The van der Waals surface area contributed by atoms with E-state index in [1.165, 1.54) is 4.90 Å². The van der Waals surface area contributed by atoms with Crippen molar-refractivity contribution in [1.82, 2.24) is 4.90 Å². The lowest BCUT2D eigenvalue weighted by Gasteiger charge is -2.31. The maximum Gasteiger partial charge on any atom is 0.409 e. The molecule has 2 atom stereocenters. The fourth-order valence-corrected chi connectivity index (χ4v) is 1.46. The number of aliphatic hydroxyl groups excluding tert-OH is 1. The Labute approximate surface area is 82.9 Å². The highest BCUT2D eigenvalue weighted by atomic mass is 16.6. The topological polar surface area (TPSA) is 73.6 Å². The number of hydrogen-bond donors (Lipinski definition) is 1. The molecule has 0 aromatic carbocycles. The van der Waals surface area contributed by atoms with Gasteiger partial charge in [0.05, 0.1) is 31.2 Å². The zero-order valence-corrected chi connectivity index (χ0v) is 8.14. The van der Waals surface area contributed by atoms with E-state index in [4.69, 9.17) is 10.00 Å². The third-order valence-electron chi connectivity index (χ3n) is 2.27. The molecule has 5 heteroatoms. The van der Waals surface area contributed by atoms with Crippen molar-refractivity contribution in [2.45, 2.75) is 19.4 Å². The quantitative estimate of drug-likeness (QED) is 0.659. The number of amides is 1. The van der Waals surface area contributed by atoms with E-state index in [9.17, 15) is 9.90 Å². The predicted molar refractivity (Wildman–Crippen MR) is 48.3 cm³/mol. The highest BCUT2D eigenvalue weighted by Crippen LogP contribution is 2.17. The second-order valence-electron chi connectivity index (χ2n) is 3.24. The van der Waals surface area contributed by atoms with E-state index in [1.807, 2.05) is 6.07 Å². The fraction of sp³-hybridized carbons (Fsp3) is 0.778. The number of nitrogens with zero attached hydrogens (tertiary/aromatic N) is 2. The van der Waals surface area contributed by atoms with E-state index in [1.54, 1.807) is 6.92 Å². The highest BCUT2D eigenvalue weighted by molar-refractivity contribution is 5.67. The summed E-state index contributed by atoms with van der Waals surface area (Å²) in [6.07, 6.45) is -0.655. The summed E-state index contributed by atoms with van der Waals surface area (Å²) < 4.78 is 4.79. The normalized spacial score (nSPS) is 26.8. The van der Waals surface area contributed by atoms with Crippen molar-refractivity contribution in [3.05, 3.63) is 0 Å². The van der Waals surface area contributed by atoms with Gasteiger partial charge in [-0.2, -0.15) is 5.26 Å². The van der Waals surface area contributed by atoms with Gasteiger partial charge in [0.15, 0.2) is 0 Å². The fourth-order valence-electron chi connectivity index (χ4n) is 1.46. The van der Waals surface area contributed by atoms with E-state index in [0.717, 1.165) is 0 Å². The van der Waals surface area contributed by atoms with Crippen LogP contribution in [0, 0.1) is 17.2 Å². The first-order chi connectivity index (χ1) is 6.69. The summed E-state index contributed by atoms with van der Waals surface area (Å²) in [5.41, 5.74) is 0. The maximum absolute atomic E-state index is 11.2. The van der Waals surface area contributed by atoms with Gasteiger partial charge in [-0.05, 0) is 13.3 Å². The Hall–Kier alpha value is -1.28. The van der Waals surface area contributed by atoms with Gasteiger partial charge in [0.25, 0.3) is 0 Å². The van der Waals surface area contributed by atoms with Crippen molar-refractivity contribution >= 4 is 6.09 Å². The van der Waals surface area contributed by atoms with E-state index in [2.05, 4.69) is 0 Å². The van der Waals surface area contributed by atoms with E-state index < -0.39 is 12.2 Å². The molecule has 0 saturated carbocycles. The molecule has 0 unspecified atom stereocenters. The van der Waals surface area contributed by atoms with Crippen LogP contribution >= 0.6 is 0 Å². The molecule has 1 N–H and O–H groups in total. The van der Waals surface area contributed by atoms with E-state index >= 15 is 0 Å². The minimum absolute atomic E-state index is 0.192. The van der Waals surface area contributed by atoms with Gasteiger partial charge in [0, 0.05) is 6.54 Å². The first-order valence-electron chi connectivity index (χ1n) is 4.68. The van der Waals surface area contributed by atoms with Crippen molar-refractivity contribution in [2.24, 2.45) is 5.92 Å². The summed E-state index contributed by atoms with van der Waals surface area (Å²) in [4.78, 5) is 12.7. The summed E-state index contributed by atoms with van der Waals surface area (Å²) >= 11 is 0. The first-order valence-corrected chi connectivity index (χ1v) is 4.68. The smallest absolute Gasteiger partial charge is 0.409 e. The van der Waals surface area contributed by atoms with Gasteiger partial charge in [-0.25, -0.2) is 4.79 Å². The summed E-state index contributed by atoms with van der Waals surface area (Å²) in [5.74, 6) is -0.360. The van der Waals surface area contributed by atoms with Crippen LogP contribution in [0.2, 0.25) is 0 Å². The Morgan fingerprint density at radius 1 is 1.79 bits per heavy atom. The molecule has 0 aromatic rings. The number of carbonyl (C=O) groups is 1. The van der Waals surface area contributed by atoms with Crippen molar-refractivity contribution in [2.75, 3.05) is 19.7 Å². The lowest BCUT2D eigenvalue weighted by molar-refractivity contribution is 0.0324. The minimum atomic E-state index is -0.752. The molecule has 78 valence electrons. The Kier molecular flexibility index (Phi) is 3.72. The van der Waals surface area contributed by atoms with Crippen LogP contribution in [0.4, 0.5) is 4.79 Å². The summed E-state index contributed by atoms with van der Waals surface area (Å²) in [6, 6.07) is 2.02. The van der Waals surface area contributed by atoms with E-state index in [-0.39, 0.29) is 12.5 Å². The Bertz CT molecular complexity index is 249. The Morgan fingerprint density at radius 2 is 2.50 bits per heavy atom. The average molecular weight is 198 g/mol. The molecule has 5 nitrogen and oxygen atoms in total. The number of hydrogen-bond acceptors (Lipinski definition) is 4. The van der Waals surface area contributed by atoms with Gasteiger partial charge < -0.3 is 14.7 Å². The van der Waals surface area contributed by atoms with Gasteiger partial charge in [0.1, 0.15) is 0 Å². The molecule has 0 bridgehead atoms. The number of piperidine rings is 1. The van der Waals surface area contributed by atoms with Crippen LogP contribution in [0.1, 0.15) is 13.3 Å². The summed E-state index contributed by atoms with van der Waals surface area (Å²) in [6.45, 7) is 2.73. The zero-order chi connectivity index (χ0) is 10.6. The predicted octanol–water partition coefficient (Wildman–Crippen LogP) is 0.349. The molecule has 0 radical (unpaired) electrons. The van der Waals surface area contributed by atoms with E-state index in [0.29, 0.717) is 19.6 Å². The third kappa shape index (κ3) is 2.36. The van der Waals surface area contributed by atoms with Crippen molar-refractivity contribution in [1.29, 1.82) is 5.26 Å². The van der Waals surface area contributed by atoms with Crippen molar-refractivity contribution in [3.8, 4) is 6.07 Å². The van der Waals surface area contributed by atoms with Gasteiger partial charge in [-0.1, -0.05) is 0 Å². The lowest BCUT2D eigenvalue weighted by Crippen LogP contribution is -2.46. The monoisotopic (exact) mass is 198 g/mol. The molecule has 0 spiro atoms. The Balaban J connectivity index is 2.47. The molecular formula is C9H14N2O3. The van der Waals surface area contributed by atoms with Crippen LogP contribution in [0.25, 0.3) is 0 Å². The van der Waals surface area contributed by atoms with Gasteiger partial charge in [-0.15, -0.1) is 0 Å². The van der Waals surface area contributed by atoms with Crippen LogP contribution < -0.4 is 0 Å². The molecular weight excluding hydrogens is 184 g/mol. The SMILES string of the molecule is CCOC(=O)N1CC[C@H](C#N)[C@@H](O)C1. The molecule has 14 heavy (non-hydrogen) atoms. The van der Waals surface area contributed by atoms with Crippen LogP contribution in [0.15, 0.2) is 0 Å². The van der Waals surface area contributed by atoms with Crippen LogP contribution in [0.5, 0.6) is 0 Å².